The first-order valence-corrected chi connectivity index (χ1v) is 11.3. The van der Waals surface area contributed by atoms with Gasteiger partial charge in [-0.2, -0.15) is 5.10 Å². The summed E-state index contributed by atoms with van der Waals surface area (Å²) in [5.41, 5.74) is 2.05. The fourth-order valence-corrected chi connectivity index (χ4v) is 3.94. The molecule has 1 amide bonds. The number of carbonyl (C=O) groups excluding carboxylic acids is 1. The summed E-state index contributed by atoms with van der Waals surface area (Å²) in [5, 5.41) is 7.41. The SMILES string of the molecule is CC(C)c1c(C(=O)NCCCN2CCOCC2)cnn1-c1nccc(-c2ccccc2F)n1. The lowest BCUT2D eigenvalue weighted by molar-refractivity contribution is 0.0374. The van der Waals surface area contributed by atoms with E-state index < -0.39 is 0 Å². The van der Waals surface area contributed by atoms with Crippen LogP contribution in [0.15, 0.2) is 42.7 Å². The van der Waals surface area contributed by atoms with Gasteiger partial charge in [-0.05, 0) is 37.1 Å². The Morgan fingerprint density at radius 3 is 2.76 bits per heavy atom. The predicted octanol–water partition coefficient (Wildman–Crippen LogP) is 3.04. The van der Waals surface area contributed by atoms with Crippen LogP contribution in [0.1, 0.15) is 42.2 Å². The van der Waals surface area contributed by atoms with Crippen molar-refractivity contribution in [2.75, 3.05) is 39.4 Å². The molecule has 0 saturated carbocycles. The summed E-state index contributed by atoms with van der Waals surface area (Å²) in [7, 11) is 0. The molecule has 0 bridgehead atoms. The Kier molecular flexibility index (Phi) is 7.41. The first kappa shape index (κ1) is 23.0. The maximum absolute atomic E-state index is 14.2. The number of carbonyl (C=O) groups is 1. The minimum atomic E-state index is -0.358. The van der Waals surface area contributed by atoms with Crippen LogP contribution >= 0.6 is 0 Å². The van der Waals surface area contributed by atoms with Gasteiger partial charge >= 0.3 is 0 Å². The van der Waals surface area contributed by atoms with Crippen molar-refractivity contribution in [3.05, 3.63) is 59.8 Å². The Hall–Kier alpha value is -3.17. The average molecular weight is 453 g/mol. The molecule has 174 valence electrons. The van der Waals surface area contributed by atoms with Crippen molar-refractivity contribution in [2.24, 2.45) is 0 Å². The van der Waals surface area contributed by atoms with Crippen molar-refractivity contribution < 1.29 is 13.9 Å². The van der Waals surface area contributed by atoms with Crippen LogP contribution in [0.4, 0.5) is 4.39 Å². The Balaban J connectivity index is 1.49. The van der Waals surface area contributed by atoms with E-state index in [2.05, 4.69) is 25.3 Å². The van der Waals surface area contributed by atoms with Gasteiger partial charge in [0.2, 0.25) is 0 Å². The van der Waals surface area contributed by atoms with E-state index in [0.29, 0.717) is 35.0 Å². The molecule has 9 heteroatoms. The minimum Gasteiger partial charge on any atom is -0.379 e. The van der Waals surface area contributed by atoms with Gasteiger partial charge in [0.15, 0.2) is 0 Å². The molecule has 0 spiro atoms. The first-order chi connectivity index (χ1) is 16.0. The van der Waals surface area contributed by atoms with E-state index in [9.17, 15) is 9.18 Å². The van der Waals surface area contributed by atoms with Crippen LogP contribution in [-0.4, -0.2) is 69.9 Å². The van der Waals surface area contributed by atoms with Crippen molar-refractivity contribution in [2.45, 2.75) is 26.2 Å². The van der Waals surface area contributed by atoms with Crippen molar-refractivity contribution in [3.63, 3.8) is 0 Å². The Labute approximate surface area is 192 Å². The normalized spacial score (nSPS) is 14.5. The predicted molar refractivity (Wildman–Crippen MR) is 123 cm³/mol. The van der Waals surface area contributed by atoms with E-state index >= 15 is 0 Å². The average Bonchev–Trinajstić information content (AvgIpc) is 3.29. The molecule has 0 aliphatic carbocycles. The maximum Gasteiger partial charge on any atom is 0.254 e. The monoisotopic (exact) mass is 452 g/mol. The number of nitrogens with zero attached hydrogens (tertiary/aromatic N) is 5. The number of morpholine rings is 1. The minimum absolute atomic E-state index is 0.00215. The van der Waals surface area contributed by atoms with E-state index in [-0.39, 0.29) is 17.6 Å². The van der Waals surface area contributed by atoms with Gasteiger partial charge in [0, 0.05) is 31.4 Å². The van der Waals surface area contributed by atoms with Crippen molar-refractivity contribution in [3.8, 4) is 17.2 Å². The third-order valence-corrected chi connectivity index (χ3v) is 5.62. The Morgan fingerprint density at radius 1 is 1.21 bits per heavy atom. The summed E-state index contributed by atoms with van der Waals surface area (Å²) in [6.45, 7) is 8.89. The molecule has 3 heterocycles. The number of hydrogen-bond acceptors (Lipinski definition) is 6. The van der Waals surface area contributed by atoms with E-state index in [1.807, 2.05) is 13.8 Å². The number of rotatable bonds is 8. The zero-order chi connectivity index (χ0) is 23.2. The van der Waals surface area contributed by atoms with E-state index in [1.165, 1.54) is 6.07 Å². The molecule has 1 aliphatic heterocycles. The summed E-state index contributed by atoms with van der Waals surface area (Å²) < 4.78 is 21.2. The third-order valence-electron chi connectivity index (χ3n) is 5.62. The number of halogens is 1. The first-order valence-electron chi connectivity index (χ1n) is 11.3. The Morgan fingerprint density at radius 2 is 2.00 bits per heavy atom. The van der Waals surface area contributed by atoms with Crippen molar-refractivity contribution >= 4 is 5.91 Å². The van der Waals surface area contributed by atoms with Crippen LogP contribution in [0.2, 0.25) is 0 Å². The third kappa shape index (κ3) is 5.43. The number of benzene rings is 1. The summed E-state index contributed by atoms with van der Waals surface area (Å²) in [5.74, 6) is -0.228. The van der Waals surface area contributed by atoms with Gasteiger partial charge in [-0.3, -0.25) is 9.69 Å². The van der Waals surface area contributed by atoms with Gasteiger partial charge in [0.25, 0.3) is 11.9 Å². The smallest absolute Gasteiger partial charge is 0.254 e. The molecule has 1 aliphatic rings. The highest BCUT2D eigenvalue weighted by Crippen LogP contribution is 2.24. The molecule has 1 N–H and O–H groups in total. The molecule has 1 saturated heterocycles. The van der Waals surface area contributed by atoms with Crippen LogP contribution in [0.5, 0.6) is 0 Å². The van der Waals surface area contributed by atoms with Crippen LogP contribution in [0.3, 0.4) is 0 Å². The fourth-order valence-electron chi connectivity index (χ4n) is 3.94. The van der Waals surface area contributed by atoms with Gasteiger partial charge in [0.05, 0.1) is 36.4 Å². The molecule has 4 rings (SSSR count). The highest BCUT2D eigenvalue weighted by atomic mass is 19.1. The topological polar surface area (TPSA) is 85.2 Å². The zero-order valence-electron chi connectivity index (χ0n) is 19.0. The molecule has 8 nitrogen and oxygen atoms in total. The summed E-state index contributed by atoms with van der Waals surface area (Å²) >= 11 is 0. The molecule has 0 unspecified atom stereocenters. The number of aromatic nitrogens is 4. The lowest BCUT2D eigenvalue weighted by Crippen LogP contribution is -2.38. The largest absolute Gasteiger partial charge is 0.379 e. The summed E-state index contributed by atoms with van der Waals surface area (Å²) in [4.78, 5) is 24.1. The quantitative estimate of drug-likeness (QED) is 0.529. The lowest BCUT2D eigenvalue weighted by atomic mass is 10.1. The molecular weight excluding hydrogens is 423 g/mol. The molecule has 2 aromatic heterocycles. The standard InChI is InChI=1S/C24H29FN6O2/c1-17(2)22-19(23(32)26-9-5-11-30-12-14-33-15-13-30)16-28-31(22)24-27-10-8-21(29-24)18-6-3-4-7-20(18)25/h3-4,6-8,10,16-17H,5,9,11-15H2,1-2H3,(H,26,32). The second-order valence-corrected chi connectivity index (χ2v) is 8.30. The van der Waals surface area contributed by atoms with Gasteiger partial charge in [-0.15, -0.1) is 0 Å². The summed E-state index contributed by atoms with van der Waals surface area (Å²) in [6.07, 6.45) is 3.98. The van der Waals surface area contributed by atoms with Crippen LogP contribution in [0, 0.1) is 5.82 Å². The fraction of sp³-hybridized carbons (Fsp3) is 0.417. The number of nitrogens with one attached hydrogen (secondary N) is 1. The highest BCUT2D eigenvalue weighted by Gasteiger charge is 2.22. The van der Waals surface area contributed by atoms with Crippen molar-refractivity contribution in [1.29, 1.82) is 0 Å². The Bertz CT molecular complexity index is 1090. The molecule has 0 atom stereocenters. The van der Waals surface area contributed by atoms with Crippen LogP contribution in [-0.2, 0) is 4.74 Å². The number of hydrogen-bond donors (Lipinski definition) is 1. The lowest BCUT2D eigenvalue weighted by Gasteiger charge is -2.26. The van der Waals surface area contributed by atoms with Gasteiger partial charge in [0.1, 0.15) is 5.82 Å². The van der Waals surface area contributed by atoms with Crippen molar-refractivity contribution in [1.82, 2.24) is 30.0 Å². The molecule has 0 radical (unpaired) electrons. The summed E-state index contributed by atoms with van der Waals surface area (Å²) in [6, 6.07) is 8.12. The van der Waals surface area contributed by atoms with Gasteiger partial charge in [-0.25, -0.2) is 19.0 Å². The highest BCUT2D eigenvalue weighted by molar-refractivity contribution is 5.95. The van der Waals surface area contributed by atoms with E-state index in [1.54, 1.807) is 41.3 Å². The molecule has 1 fully saturated rings. The second-order valence-electron chi connectivity index (χ2n) is 8.30. The molecular formula is C24H29FN6O2. The molecule has 3 aromatic rings. The second kappa shape index (κ2) is 10.6. The van der Waals surface area contributed by atoms with Gasteiger partial charge < -0.3 is 10.1 Å². The number of ether oxygens (including phenoxy) is 1. The zero-order valence-corrected chi connectivity index (χ0v) is 19.0. The maximum atomic E-state index is 14.2. The number of amides is 1. The molecule has 1 aromatic carbocycles. The van der Waals surface area contributed by atoms with E-state index in [4.69, 9.17) is 4.74 Å². The van der Waals surface area contributed by atoms with Crippen LogP contribution in [0.25, 0.3) is 17.2 Å². The van der Waals surface area contributed by atoms with E-state index in [0.717, 1.165) is 39.3 Å². The van der Waals surface area contributed by atoms with Gasteiger partial charge in [-0.1, -0.05) is 26.0 Å². The van der Waals surface area contributed by atoms with Crippen LogP contribution < -0.4 is 5.32 Å². The molecule has 33 heavy (non-hydrogen) atoms.